The fraction of sp³-hybridized carbons (Fsp3) is 0.533. The second-order valence-corrected chi connectivity index (χ2v) is 13.1. The van der Waals surface area contributed by atoms with Gasteiger partial charge in [0.2, 0.25) is 5.71 Å². The van der Waals surface area contributed by atoms with E-state index in [-0.39, 0.29) is 21.7 Å². The second kappa shape index (κ2) is 7.96. The average molecular weight is 461 g/mol. The van der Waals surface area contributed by atoms with Crippen LogP contribution in [0.2, 0.25) is 0 Å². The Morgan fingerprint density at radius 3 is 2.15 bits per heavy atom. The Bertz CT molecular complexity index is 1310. The van der Waals surface area contributed by atoms with Crippen LogP contribution in [0.4, 0.5) is 0 Å². The van der Waals surface area contributed by atoms with Gasteiger partial charge < -0.3 is 8.83 Å². The predicted octanol–water partition coefficient (Wildman–Crippen LogP) is 8.60. The molecule has 0 fully saturated rings. The van der Waals surface area contributed by atoms with Crippen LogP contribution in [0.3, 0.4) is 0 Å². The van der Waals surface area contributed by atoms with Crippen LogP contribution in [0, 0.1) is 0 Å². The predicted molar refractivity (Wildman–Crippen MR) is 141 cm³/mol. The van der Waals surface area contributed by atoms with Crippen molar-refractivity contribution in [3.05, 3.63) is 59.4 Å². The Balaban J connectivity index is 1.73. The van der Waals surface area contributed by atoms with E-state index >= 15 is 0 Å². The summed E-state index contributed by atoms with van der Waals surface area (Å²) in [6, 6.07) is 6.35. The lowest BCUT2D eigenvalue weighted by atomic mass is 9.70. The van der Waals surface area contributed by atoms with Gasteiger partial charge >= 0.3 is 0 Å². The summed E-state index contributed by atoms with van der Waals surface area (Å²) in [7, 11) is 0. The normalized spacial score (nSPS) is 13.8. The molecule has 0 saturated heterocycles. The average Bonchev–Trinajstić information content (AvgIpc) is 3.35. The molecule has 0 N–H and O–H groups in total. The summed E-state index contributed by atoms with van der Waals surface area (Å²) < 4.78 is 12.2. The zero-order valence-electron chi connectivity index (χ0n) is 22.6. The number of hydrogen-bond acceptors (Lipinski definition) is 4. The van der Waals surface area contributed by atoms with Gasteiger partial charge in [0.05, 0.1) is 18.2 Å². The molecule has 0 unspecified atom stereocenters. The number of furan rings is 2. The fourth-order valence-corrected chi connectivity index (χ4v) is 5.01. The molecular formula is C30H40N2O2. The van der Waals surface area contributed by atoms with Crippen LogP contribution in [-0.4, -0.2) is 9.97 Å². The van der Waals surface area contributed by atoms with Crippen LogP contribution in [0.25, 0.3) is 22.1 Å². The Labute approximate surface area is 204 Å². The van der Waals surface area contributed by atoms with Gasteiger partial charge in [0.15, 0.2) is 5.58 Å². The molecule has 4 heterocycles. The lowest BCUT2D eigenvalue weighted by Crippen LogP contribution is -2.30. The highest BCUT2D eigenvalue weighted by molar-refractivity contribution is 5.83. The Morgan fingerprint density at radius 1 is 0.824 bits per heavy atom. The minimum atomic E-state index is -0.143. The van der Waals surface area contributed by atoms with Crippen molar-refractivity contribution in [2.75, 3.05) is 0 Å². The lowest BCUT2D eigenvalue weighted by Gasteiger charge is -2.35. The topological polar surface area (TPSA) is 52.1 Å². The first-order valence-electron chi connectivity index (χ1n) is 12.4. The molecule has 4 aromatic rings. The van der Waals surface area contributed by atoms with Crippen molar-refractivity contribution in [3.8, 4) is 0 Å². The minimum absolute atomic E-state index is 0.00821. The molecule has 0 aliphatic carbocycles. The summed E-state index contributed by atoms with van der Waals surface area (Å²) >= 11 is 0. The SMILES string of the molecule is CC(C)(C)c1cc2ccoc2nc1C(C)(C)CCC(C)(C)c1oc2cnccc2c1C(C)(C)C. The third-order valence-corrected chi connectivity index (χ3v) is 7.12. The summed E-state index contributed by atoms with van der Waals surface area (Å²) in [6.07, 6.45) is 7.37. The molecule has 0 aliphatic heterocycles. The summed E-state index contributed by atoms with van der Waals surface area (Å²) in [4.78, 5) is 9.34. The summed E-state index contributed by atoms with van der Waals surface area (Å²) in [5, 5.41) is 2.24. The molecule has 0 amide bonds. The molecule has 34 heavy (non-hydrogen) atoms. The number of pyridine rings is 2. The summed E-state index contributed by atoms with van der Waals surface area (Å²) in [5.41, 5.74) is 4.98. The first kappa shape index (κ1) is 24.5. The van der Waals surface area contributed by atoms with Gasteiger partial charge in [-0.2, -0.15) is 0 Å². The smallest absolute Gasteiger partial charge is 0.226 e. The number of hydrogen-bond donors (Lipinski definition) is 0. The van der Waals surface area contributed by atoms with Crippen LogP contribution in [-0.2, 0) is 21.7 Å². The van der Waals surface area contributed by atoms with Gasteiger partial charge in [-0.05, 0) is 47.4 Å². The molecule has 0 aliphatic rings. The number of fused-ring (bicyclic) bond motifs is 2. The molecular weight excluding hydrogens is 420 g/mol. The zero-order chi connectivity index (χ0) is 25.1. The van der Waals surface area contributed by atoms with Gasteiger partial charge in [0, 0.05) is 33.4 Å². The van der Waals surface area contributed by atoms with E-state index in [1.54, 1.807) is 6.26 Å². The van der Waals surface area contributed by atoms with E-state index < -0.39 is 0 Å². The second-order valence-electron chi connectivity index (χ2n) is 13.1. The number of aromatic nitrogens is 2. The van der Waals surface area contributed by atoms with Gasteiger partial charge in [-0.25, -0.2) is 4.98 Å². The molecule has 0 aromatic carbocycles. The van der Waals surface area contributed by atoms with E-state index in [1.165, 1.54) is 16.5 Å². The van der Waals surface area contributed by atoms with Crippen molar-refractivity contribution >= 4 is 22.1 Å². The highest BCUT2D eigenvalue weighted by Gasteiger charge is 2.37. The van der Waals surface area contributed by atoms with Crippen molar-refractivity contribution in [1.29, 1.82) is 0 Å². The highest BCUT2D eigenvalue weighted by Crippen LogP contribution is 2.45. The van der Waals surface area contributed by atoms with Crippen molar-refractivity contribution in [2.45, 2.75) is 104 Å². The first-order chi connectivity index (χ1) is 15.6. The monoisotopic (exact) mass is 460 g/mol. The molecule has 0 bridgehead atoms. The summed E-state index contributed by atoms with van der Waals surface area (Å²) in [5.74, 6) is 1.07. The molecule has 4 nitrogen and oxygen atoms in total. The Hall–Kier alpha value is -2.62. The Morgan fingerprint density at radius 2 is 1.50 bits per heavy atom. The van der Waals surface area contributed by atoms with Crippen molar-refractivity contribution in [2.24, 2.45) is 0 Å². The van der Waals surface area contributed by atoms with E-state index in [9.17, 15) is 0 Å². The van der Waals surface area contributed by atoms with Gasteiger partial charge in [-0.15, -0.1) is 0 Å². The zero-order valence-corrected chi connectivity index (χ0v) is 22.6. The van der Waals surface area contributed by atoms with Gasteiger partial charge in [0.1, 0.15) is 5.76 Å². The maximum atomic E-state index is 6.49. The maximum absolute atomic E-state index is 6.49. The van der Waals surface area contributed by atoms with E-state index in [0.717, 1.165) is 41.0 Å². The lowest BCUT2D eigenvalue weighted by molar-refractivity contribution is 0.316. The molecule has 0 radical (unpaired) electrons. The fourth-order valence-electron chi connectivity index (χ4n) is 5.01. The first-order valence-corrected chi connectivity index (χ1v) is 12.4. The van der Waals surface area contributed by atoms with Crippen LogP contribution in [0.5, 0.6) is 0 Å². The Kier molecular flexibility index (Phi) is 5.74. The van der Waals surface area contributed by atoms with E-state index in [2.05, 4.69) is 86.4 Å². The largest absolute Gasteiger partial charge is 0.459 e. The molecule has 0 saturated carbocycles. The quantitative estimate of drug-likeness (QED) is 0.299. The standard InChI is InChI=1S/C30H40N2O2/c1-27(2,3)21-17-19-12-16-33-26(19)32-24(21)29(7,8)13-14-30(9,10)25-23(28(4,5)6)20-11-15-31-18-22(20)34-25/h11-12,15-18H,13-14H2,1-10H3. The van der Waals surface area contributed by atoms with Crippen LogP contribution in [0.15, 0.2) is 45.7 Å². The summed E-state index contributed by atoms with van der Waals surface area (Å²) in [6.45, 7) is 22.8. The molecule has 0 atom stereocenters. The van der Waals surface area contributed by atoms with E-state index in [0.29, 0.717) is 0 Å². The van der Waals surface area contributed by atoms with E-state index in [4.69, 9.17) is 13.8 Å². The van der Waals surface area contributed by atoms with Gasteiger partial charge in [-0.1, -0.05) is 69.2 Å². The van der Waals surface area contributed by atoms with Crippen molar-refractivity contribution in [1.82, 2.24) is 9.97 Å². The van der Waals surface area contributed by atoms with Crippen molar-refractivity contribution in [3.63, 3.8) is 0 Å². The van der Waals surface area contributed by atoms with E-state index in [1.807, 2.05) is 18.5 Å². The number of rotatable bonds is 5. The molecule has 182 valence electrons. The molecule has 4 rings (SSSR count). The van der Waals surface area contributed by atoms with Crippen LogP contribution in [0.1, 0.15) is 105 Å². The van der Waals surface area contributed by atoms with Crippen molar-refractivity contribution < 1.29 is 8.83 Å². The third-order valence-electron chi connectivity index (χ3n) is 7.12. The van der Waals surface area contributed by atoms with Crippen LogP contribution >= 0.6 is 0 Å². The highest BCUT2D eigenvalue weighted by atomic mass is 16.3. The minimum Gasteiger partial charge on any atom is -0.459 e. The van der Waals surface area contributed by atoms with Gasteiger partial charge in [-0.3, -0.25) is 4.98 Å². The molecule has 4 heteroatoms. The molecule has 4 aromatic heterocycles. The van der Waals surface area contributed by atoms with Crippen LogP contribution < -0.4 is 0 Å². The number of nitrogens with zero attached hydrogens (tertiary/aromatic N) is 2. The third kappa shape index (κ3) is 4.39. The van der Waals surface area contributed by atoms with Gasteiger partial charge in [0.25, 0.3) is 0 Å². The maximum Gasteiger partial charge on any atom is 0.226 e. The molecule has 0 spiro atoms.